The van der Waals surface area contributed by atoms with Gasteiger partial charge in [0, 0.05) is 76.7 Å². The van der Waals surface area contributed by atoms with Gasteiger partial charge in [-0.15, -0.1) is 0 Å². The van der Waals surface area contributed by atoms with E-state index in [-0.39, 0.29) is 48.4 Å². The van der Waals surface area contributed by atoms with Crippen molar-refractivity contribution in [3.05, 3.63) is 29.8 Å². The highest BCUT2D eigenvalue weighted by molar-refractivity contribution is 6.00. The lowest BCUT2D eigenvalue weighted by Gasteiger charge is -2.70. The van der Waals surface area contributed by atoms with Gasteiger partial charge in [-0.25, -0.2) is 4.79 Å². The average Bonchev–Trinajstić information content (AvgIpc) is 3.42. The van der Waals surface area contributed by atoms with Crippen molar-refractivity contribution in [1.29, 1.82) is 0 Å². The maximum Gasteiger partial charge on any atom is 0.340 e. The highest BCUT2D eigenvalue weighted by atomic mass is 16.6. The maximum atomic E-state index is 13.7. The molecule has 5 saturated carbocycles. The number of hydrogen-bond acceptors (Lipinski definition) is 11. The van der Waals surface area contributed by atoms with Gasteiger partial charge in [0.15, 0.2) is 0 Å². The van der Waals surface area contributed by atoms with E-state index in [0.717, 1.165) is 0 Å². The SMILES string of the molecule is CCN1CC2(COC(=O)c3ccccc3NC(C)=O)CCC(OC)C34C5CC6C(OC)CC(O)(C5C6OC(C)=O)C(O)(C(OC)C23)C14. The van der Waals surface area contributed by atoms with Crippen LogP contribution in [0, 0.1) is 34.5 Å². The predicted molar refractivity (Wildman–Crippen MR) is 167 cm³/mol. The molecule has 7 bridgehead atoms. The molecule has 0 radical (unpaired) electrons. The first-order valence-electron chi connectivity index (χ1n) is 16.9. The van der Waals surface area contributed by atoms with Gasteiger partial charge in [0.1, 0.15) is 17.3 Å². The number of nitrogens with zero attached hydrogens (tertiary/aromatic N) is 1. The Hall–Kier alpha value is -2.61. The molecular formula is C35H48N2O10. The van der Waals surface area contributed by atoms with Gasteiger partial charge in [-0.3, -0.25) is 14.5 Å². The Balaban J connectivity index is 1.37. The van der Waals surface area contributed by atoms with E-state index in [4.69, 9.17) is 23.7 Å². The zero-order valence-corrected chi connectivity index (χ0v) is 28.1. The maximum absolute atomic E-state index is 13.7. The van der Waals surface area contributed by atoms with Crippen molar-refractivity contribution in [3.8, 4) is 0 Å². The summed E-state index contributed by atoms with van der Waals surface area (Å²) >= 11 is 0. The Kier molecular flexibility index (Phi) is 7.85. The summed E-state index contributed by atoms with van der Waals surface area (Å²) in [4.78, 5) is 40.4. The molecule has 1 aliphatic heterocycles. The van der Waals surface area contributed by atoms with Crippen LogP contribution in [0.25, 0.3) is 0 Å². The van der Waals surface area contributed by atoms with Gasteiger partial charge in [0.25, 0.3) is 0 Å². The van der Waals surface area contributed by atoms with E-state index < -0.39 is 64.2 Å². The van der Waals surface area contributed by atoms with Gasteiger partial charge in [-0.1, -0.05) is 19.1 Å². The molecule has 13 atom stereocenters. The van der Waals surface area contributed by atoms with Crippen molar-refractivity contribution in [2.24, 2.45) is 34.5 Å². The van der Waals surface area contributed by atoms with Crippen LogP contribution in [0.5, 0.6) is 0 Å². The fourth-order valence-electron chi connectivity index (χ4n) is 12.3. The van der Waals surface area contributed by atoms with Crippen molar-refractivity contribution >= 4 is 23.5 Å². The second-order valence-corrected chi connectivity index (χ2v) is 14.9. The Morgan fingerprint density at radius 1 is 1.06 bits per heavy atom. The average molecular weight is 657 g/mol. The molecule has 1 aromatic carbocycles. The third-order valence-corrected chi connectivity index (χ3v) is 13.3. The summed E-state index contributed by atoms with van der Waals surface area (Å²) in [5.41, 5.74) is -4.23. The zero-order valence-electron chi connectivity index (χ0n) is 28.1. The monoisotopic (exact) mass is 656 g/mol. The normalized spacial score (nSPS) is 45.7. The van der Waals surface area contributed by atoms with Crippen LogP contribution >= 0.6 is 0 Å². The molecule has 1 saturated heterocycles. The molecule has 1 amide bonds. The number of methoxy groups -OCH3 is 3. The van der Waals surface area contributed by atoms with Crippen molar-refractivity contribution < 1.29 is 48.3 Å². The molecule has 6 fully saturated rings. The number of carbonyl (C=O) groups excluding carboxylic acids is 3. The second kappa shape index (κ2) is 11.2. The topological polar surface area (TPSA) is 153 Å². The Morgan fingerprint density at radius 3 is 2.45 bits per heavy atom. The van der Waals surface area contributed by atoms with E-state index in [0.29, 0.717) is 38.0 Å². The van der Waals surface area contributed by atoms with Gasteiger partial charge in [0.2, 0.25) is 5.91 Å². The summed E-state index contributed by atoms with van der Waals surface area (Å²) in [6.07, 6.45) is -0.104. The number of fused-ring (bicyclic) bond motifs is 2. The first-order chi connectivity index (χ1) is 22.4. The van der Waals surface area contributed by atoms with Crippen LogP contribution in [0.15, 0.2) is 24.3 Å². The molecule has 12 heteroatoms. The number of hydrogen-bond donors (Lipinski definition) is 3. The van der Waals surface area contributed by atoms with Crippen molar-refractivity contribution in [3.63, 3.8) is 0 Å². The van der Waals surface area contributed by atoms with Crippen LogP contribution in [0.3, 0.4) is 0 Å². The molecule has 3 N–H and O–H groups in total. The van der Waals surface area contributed by atoms with E-state index >= 15 is 0 Å². The summed E-state index contributed by atoms with van der Waals surface area (Å²) in [6, 6.07) is 6.24. The fourth-order valence-corrected chi connectivity index (χ4v) is 12.3. The number of nitrogens with one attached hydrogen (secondary N) is 1. The smallest absolute Gasteiger partial charge is 0.340 e. The molecule has 12 nitrogen and oxygen atoms in total. The van der Waals surface area contributed by atoms with E-state index in [1.165, 1.54) is 13.8 Å². The minimum atomic E-state index is -1.78. The van der Waals surface area contributed by atoms with E-state index in [1.54, 1.807) is 45.6 Å². The molecule has 6 aliphatic rings. The molecular weight excluding hydrogens is 608 g/mol. The van der Waals surface area contributed by atoms with Crippen LogP contribution in [-0.4, -0.2) is 116 Å². The Bertz CT molecular complexity index is 1460. The number of anilines is 1. The third kappa shape index (κ3) is 4.06. The number of para-hydroxylation sites is 1. The largest absolute Gasteiger partial charge is 0.462 e. The van der Waals surface area contributed by atoms with Crippen LogP contribution in [0.1, 0.15) is 56.8 Å². The number of rotatable bonds is 9. The number of aliphatic hydroxyl groups is 2. The summed E-state index contributed by atoms with van der Waals surface area (Å²) in [5, 5.41) is 29.3. The lowest BCUT2D eigenvalue weighted by molar-refractivity contribution is -0.319. The zero-order chi connectivity index (χ0) is 33.7. The molecule has 13 unspecified atom stereocenters. The molecule has 47 heavy (non-hydrogen) atoms. The van der Waals surface area contributed by atoms with Gasteiger partial charge in [-0.2, -0.15) is 0 Å². The number of ether oxygens (including phenoxy) is 5. The lowest BCUT2D eigenvalue weighted by Crippen LogP contribution is -2.82. The van der Waals surface area contributed by atoms with Crippen molar-refractivity contribution in [2.75, 3.05) is 46.3 Å². The molecule has 258 valence electrons. The van der Waals surface area contributed by atoms with Gasteiger partial charge >= 0.3 is 11.9 Å². The van der Waals surface area contributed by atoms with Gasteiger partial charge in [-0.05, 0) is 43.9 Å². The molecule has 5 aliphatic carbocycles. The van der Waals surface area contributed by atoms with Crippen LogP contribution < -0.4 is 5.32 Å². The lowest BCUT2D eigenvalue weighted by atomic mass is 9.42. The summed E-state index contributed by atoms with van der Waals surface area (Å²) < 4.78 is 31.0. The summed E-state index contributed by atoms with van der Waals surface area (Å²) in [5.74, 6) is -2.57. The molecule has 7 rings (SSSR count). The quantitative estimate of drug-likeness (QED) is 0.335. The Morgan fingerprint density at radius 2 is 1.81 bits per heavy atom. The number of likely N-dealkylation sites (tertiary alicyclic amines) is 1. The number of carbonyl (C=O) groups is 3. The first-order valence-corrected chi connectivity index (χ1v) is 16.9. The number of benzene rings is 1. The van der Waals surface area contributed by atoms with Gasteiger partial charge < -0.3 is 39.2 Å². The Labute approximate surface area is 275 Å². The number of piperidine rings is 1. The number of likely N-dealkylation sites (N-methyl/N-ethyl adjacent to an activating group) is 1. The highest BCUT2D eigenvalue weighted by Crippen LogP contribution is 2.80. The molecule has 1 aromatic rings. The standard InChI is InChI=1S/C35H48N2O10/c1-7-37-16-32(17-46-30(40)20-10-8-9-11-23(20)36-18(2)38)13-12-25(44-5)34-22-14-21-24(43-4)15-33(41,26(22)27(21)47-19(3)39)35(42,31(34)37)29(45-6)28(32)34/h8-11,21-22,24-29,31,41-42H,7,12-17H2,1-6H3,(H,36,38). The van der Waals surface area contributed by atoms with E-state index in [9.17, 15) is 24.6 Å². The van der Waals surface area contributed by atoms with Crippen molar-refractivity contribution in [2.45, 2.75) is 88.1 Å². The van der Waals surface area contributed by atoms with Gasteiger partial charge in [0.05, 0.1) is 42.2 Å². The minimum Gasteiger partial charge on any atom is -0.462 e. The molecule has 1 spiro atoms. The van der Waals surface area contributed by atoms with Crippen LogP contribution in [0.4, 0.5) is 5.69 Å². The molecule has 1 heterocycles. The second-order valence-electron chi connectivity index (χ2n) is 14.9. The number of amides is 1. The third-order valence-electron chi connectivity index (χ3n) is 13.3. The fraction of sp³-hybridized carbons (Fsp3) is 0.743. The predicted octanol–water partition coefficient (Wildman–Crippen LogP) is 2.01. The summed E-state index contributed by atoms with van der Waals surface area (Å²) in [6.45, 7) is 5.97. The molecule has 0 aromatic heterocycles. The number of esters is 2. The minimum absolute atomic E-state index is 0.0512. The highest BCUT2D eigenvalue weighted by Gasteiger charge is 2.92. The summed E-state index contributed by atoms with van der Waals surface area (Å²) in [7, 11) is 4.89. The van der Waals surface area contributed by atoms with E-state index in [2.05, 4.69) is 10.2 Å². The van der Waals surface area contributed by atoms with Crippen LogP contribution in [-0.2, 0) is 33.3 Å². The first kappa shape index (κ1) is 32.9. The van der Waals surface area contributed by atoms with E-state index in [1.807, 2.05) is 6.92 Å². The van der Waals surface area contributed by atoms with Crippen LogP contribution in [0.2, 0.25) is 0 Å². The van der Waals surface area contributed by atoms with Crippen molar-refractivity contribution in [1.82, 2.24) is 4.90 Å².